The minimum atomic E-state index is -5.03. The molecule has 3 rings (SSSR count). The van der Waals surface area contributed by atoms with E-state index in [0.717, 1.165) is 25.6 Å². The zero-order valence-electron chi connectivity index (χ0n) is 17.7. The molecule has 1 aromatic heterocycles. The van der Waals surface area contributed by atoms with Gasteiger partial charge in [-0.2, -0.15) is 0 Å². The van der Waals surface area contributed by atoms with Gasteiger partial charge in [0.25, 0.3) is 5.56 Å². The number of nitrogens with one attached hydrogen (secondary N) is 3. The maximum atomic E-state index is 13.0. The van der Waals surface area contributed by atoms with Crippen LogP contribution >= 0.6 is 0 Å². The third-order valence-electron chi connectivity index (χ3n) is 4.31. The van der Waals surface area contributed by atoms with Crippen LogP contribution in [0.1, 0.15) is 11.1 Å². The fourth-order valence-electron chi connectivity index (χ4n) is 3.01. The highest BCUT2D eigenvalue weighted by atomic mass is 32.2. The van der Waals surface area contributed by atoms with Gasteiger partial charge in [0, 0.05) is 17.4 Å². The predicted molar refractivity (Wildman–Crippen MR) is 120 cm³/mol. The summed E-state index contributed by atoms with van der Waals surface area (Å²) in [7, 11) is -2.29. The van der Waals surface area contributed by atoms with E-state index < -0.39 is 33.4 Å². The van der Waals surface area contributed by atoms with Crippen LogP contribution in [0.25, 0.3) is 23.3 Å². The summed E-state index contributed by atoms with van der Waals surface area (Å²) in [6.07, 6.45) is 0.0208. The number of methoxy groups -OCH3 is 1. The van der Waals surface area contributed by atoms with Gasteiger partial charge in [-0.25, -0.2) is 13.2 Å². The van der Waals surface area contributed by atoms with Gasteiger partial charge in [-0.3, -0.25) is 14.5 Å². The molecule has 9 nitrogen and oxygen atoms in total. The molecule has 0 atom stereocenters. The van der Waals surface area contributed by atoms with Gasteiger partial charge in [0.2, 0.25) is 10.0 Å². The van der Waals surface area contributed by atoms with Gasteiger partial charge in [0.15, 0.2) is 11.5 Å². The van der Waals surface area contributed by atoms with E-state index in [9.17, 15) is 31.2 Å². The van der Waals surface area contributed by atoms with E-state index in [0.29, 0.717) is 11.3 Å². The maximum absolute atomic E-state index is 13.0. The zero-order chi connectivity index (χ0) is 25.1. The van der Waals surface area contributed by atoms with Crippen LogP contribution in [0, 0.1) is 0 Å². The van der Waals surface area contributed by atoms with Gasteiger partial charge in [0.05, 0.1) is 18.9 Å². The zero-order valence-corrected chi connectivity index (χ0v) is 18.5. The van der Waals surface area contributed by atoms with Crippen LogP contribution in [0.4, 0.5) is 18.9 Å². The van der Waals surface area contributed by atoms with E-state index in [1.165, 1.54) is 24.3 Å². The summed E-state index contributed by atoms with van der Waals surface area (Å²) < 4.78 is 73.2. The van der Waals surface area contributed by atoms with Crippen molar-refractivity contribution in [2.45, 2.75) is 6.36 Å². The Labute approximate surface area is 190 Å². The molecule has 0 spiro atoms. The SMILES string of the molecule is COc1c(/C=C/c2ccc(NS(C)(=O)=O)cc2)cc(-c2c[nH]c(=O)[nH]c2=O)cc1OC(F)(F)F. The number of rotatable bonds is 7. The van der Waals surface area contributed by atoms with Crippen molar-refractivity contribution in [1.29, 1.82) is 0 Å². The van der Waals surface area contributed by atoms with Crippen molar-refractivity contribution < 1.29 is 31.1 Å². The van der Waals surface area contributed by atoms with Crippen LogP contribution in [-0.4, -0.2) is 38.1 Å². The molecule has 0 saturated carbocycles. The lowest BCUT2D eigenvalue weighted by atomic mass is 10.0. The molecule has 0 aliphatic heterocycles. The molecule has 0 fully saturated rings. The number of benzene rings is 2. The van der Waals surface area contributed by atoms with E-state index in [1.54, 1.807) is 18.2 Å². The quantitative estimate of drug-likeness (QED) is 0.430. The summed E-state index contributed by atoms with van der Waals surface area (Å²) in [6.45, 7) is 0. The van der Waals surface area contributed by atoms with E-state index in [4.69, 9.17) is 4.74 Å². The smallest absolute Gasteiger partial charge is 0.492 e. The average Bonchev–Trinajstić information content (AvgIpc) is 2.70. The third kappa shape index (κ3) is 6.51. The number of sulfonamides is 1. The minimum absolute atomic E-state index is 0.0323. The minimum Gasteiger partial charge on any atom is -0.492 e. The van der Waals surface area contributed by atoms with Crippen LogP contribution in [0.3, 0.4) is 0 Å². The van der Waals surface area contributed by atoms with Gasteiger partial charge in [0.1, 0.15) is 0 Å². The van der Waals surface area contributed by atoms with Gasteiger partial charge < -0.3 is 14.5 Å². The van der Waals surface area contributed by atoms with Crippen LogP contribution in [0.5, 0.6) is 11.5 Å². The number of H-pyrrole nitrogens is 2. The molecule has 0 aliphatic carbocycles. The number of halogens is 3. The third-order valence-corrected chi connectivity index (χ3v) is 4.92. The first-order valence-electron chi connectivity index (χ1n) is 9.41. The summed E-state index contributed by atoms with van der Waals surface area (Å²) in [5.41, 5.74) is -0.587. The number of alkyl halides is 3. The maximum Gasteiger partial charge on any atom is 0.573 e. The largest absolute Gasteiger partial charge is 0.573 e. The average molecular weight is 497 g/mol. The lowest BCUT2D eigenvalue weighted by Gasteiger charge is -2.16. The molecule has 0 bridgehead atoms. The molecule has 0 unspecified atom stereocenters. The van der Waals surface area contributed by atoms with E-state index in [2.05, 4.69) is 14.4 Å². The fraction of sp³-hybridized carbons (Fsp3) is 0.143. The molecule has 180 valence electrons. The predicted octanol–water partition coefficient (Wildman–Crippen LogP) is 3.18. The first kappa shape index (κ1) is 24.6. The highest BCUT2D eigenvalue weighted by Crippen LogP contribution is 2.39. The summed E-state index contributed by atoms with van der Waals surface area (Å²) in [5.74, 6) is -0.931. The molecule has 0 saturated heterocycles. The lowest BCUT2D eigenvalue weighted by Crippen LogP contribution is -2.22. The van der Waals surface area contributed by atoms with Crippen molar-refractivity contribution in [2.75, 3.05) is 18.1 Å². The molecule has 3 aromatic rings. The first-order chi connectivity index (χ1) is 15.8. The van der Waals surface area contributed by atoms with Crippen molar-refractivity contribution in [2.24, 2.45) is 0 Å². The molecule has 13 heteroatoms. The van der Waals surface area contributed by atoms with Crippen LogP contribution in [-0.2, 0) is 10.0 Å². The van der Waals surface area contributed by atoms with Crippen molar-refractivity contribution in [3.8, 4) is 22.6 Å². The Morgan fingerprint density at radius 2 is 1.74 bits per heavy atom. The summed E-state index contributed by atoms with van der Waals surface area (Å²) in [4.78, 5) is 27.7. The normalized spacial score (nSPS) is 12.0. The molecule has 0 radical (unpaired) electrons. The number of hydrogen-bond donors (Lipinski definition) is 3. The Morgan fingerprint density at radius 3 is 2.29 bits per heavy atom. The molecular formula is C21H18F3N3O6S. The van der Waals surface area contributed by atoms with Crippen LogP contribution < -0.4 is 25.4 Å². The topological polar surface area (TPSA) is 130 Å². The summed E-state index contributed by atoms with van der Waals surface area (Å²) >= 11 is 0. The second kappa shape index (κ2) is 9.47. The number of aromatic amines is 2. The highest BCUT2D eigenvalue weighted by Gasteiger charge is 2.33. The molecule has 3 N–H and O–H groups in total. The Morgan fingerprint density at radius 1 is 1.06 bits per heavy atom. The number of hydrogen-bond acceptors (Lipinski definition) is 6. The van der Waals surface area contributed by atoms with Gasteiger partial charge in [-0.05, 0) is 35.4 Å². The Balaban J connectivity index is 2.08. The molecule has 34 heavy (non-hydrogen) atoms. The van der Waals surface area contributed by atoms with Crippen LogP contribution in [0.15, 0.2) is 52.2 Å². The molecule has 0 amide bonds. The number of aromatic nitrogens is 2. The van der Waals surface area contributed by atoms with Crippen molar-refractivity contribution >= 4 is 27.9 Å². The highest BCUT2D eigenvalue weighted by molar-refractivity contribution is 7.92. The second-order valence-electron chi connectivity index (χ2n) is 6.96. The molecule has 0 aliphatic rings. The molecule has 1 heterocycles. The van der Waals surface area contributed by atoms with Crippen molar-refractivity contribution in [3.63, 3.8) is 0 Å². The van der Waals surface area contributed by atoms with Crippen molar-refractivity contribution in [3.05, 3.63) is 74.6 Å². The summed E-state index contributed by atoms with van der Waals surface area (Å²) in [6, 6.07) is 8.54. The molecule has 2 aromatic carbocycles. The monoisotopic (exact) mass is 497 g/mol. The first-order valence-corrected chi connectivity index (χ1v) is 11.3. The number of ether oxygens (including phenoxy) is 2. The standard InChI is InChI=1S/C21H18F3N3O6S/c1-32-18-13(6-3-12-4-7-15(8-5-12)27-34(2,30)31)9-14(10-17(18)33-21(22,23)24)16-11-25-20(29)26-19(16)28/h3-11,27H,1-2H3,(H2,25,26,28,29)/b6-3+. The Bertz CT molecular complexity index is 1440. The second-order valence-corrected chi connectivity index (χ2v) is 8.71. The lowest BCUT2D eigenvalue weighted by molar-refractivity contribution is -0.275. The fourth-order valence-corrected chi connectivity index (χ4v) is 3.57. The van der Waals surface area contributed by atoms with E-state index >= 15 is 0 Å². The Hall–Kier alpha value is -4.00. The van der Waals surface area contributed by atoms with E-state index in [-0.39, 0.29) is 22.4 Å². The van der Waals surface area contributed by atoms with Crippen LogP contribution in [0.2, 0.25) is 0 Å². The summed E-state index contributed by atoms with van der Waals surface area (Å²) in [5, 5.41) is 0. The molecular weight excluding hydrogens is 479 g/mol. The number of anilines is 1. The van der Waals surface area contributed by atoms with Crippen molar-refractivity contribution in [1.82, 2.24) is 9.97 Å². The van der Waals surface area contributed by atoms with Gasteiger partial charge in [-0.1, -0.05) is 24.3 Å². The Kier molecular flexibility index (Phi) is 6.86. The van der Waals surface area contributed by atoms with Gasteiger partial charge in [-0.15, -0.1) is 13.2 Å². The van der Waals surface area contributed by atoms with Gasteiger partial charge >= 0.3 is 12.1 Å². The van der Waals surface area contributed by atoms with E-state index in [1.807, 2.05) is 4.98 Å².